The number of Topliss-reactive ketones (excluding diaryl/α,β-unsaturated/α-hetero) is 1. The van der Waals surface area contributed by atoms with Crippen LogP contribution in [0.3, 0.4) is 0 Å². The fraction of sp³-hybridized carbons (Fsp3) is 0.692. The average molecular weight is 306 g/mol. The fourth-order valence-corrected chi connectivity index (χ4v) is 1.23. The third kappa shape index (κ3) is 7.96. The summed E-state index contributed by atoms with van der Waals surface area (Å²) in [4.78, 5) is 38.3. The third-order valence-electron chi connectivity index (χ3n) is 2.41. The van der Waals surface area contributed by atoms with Crippen LogP contribution in [0.25, 0.3) is 5.53 Å². The Morgan fingerprint density at radius 1 is 1.48 bits per heavy atom. The predicted octanol–water partition coefficient (Wildman–Crippen LogP) is 0.108. The van der Waals surface area contributed by atoms with Gasteiger partial charge in [0, 0.05) is 21.8 Å². The minimum absolute atomic E-state index is 0.433. The van der Waals surface area contributed by atoms with Gasteiger partial charge >= 0.3 is 12.2 Å². The summed E-state index contributed by atoms with van der Waals surface area (Å²) in [5.41, 5.74) is 8.31. The van der Waals surface area contributed by atoms with Crippen molar-refractivity contribution in [2.24, 2.45) is 0 Å². The summed E-state index contributed by atoms with van der Waals surface area (Å²) >= 11 is 0. The number of rotatable bonds is 9. The van der Waals surface area contributed by atoms with Gasteiger partial charge in [-0.2, -0.15) is 4.79 Å². The molecule has 0 aliphatic rings. The zero-order valence-corrected chi connectivity index (χ0v) is 11.6. The first-order valence-corrected chi connectivity index (χ1v) is 5.87. The van der Waals surface area contributed by atoms with E-state index in [9.17, 15) is 14.4 Å². The lowest BCUT2D eigenvalue weighted by Crippen LogP contribution is -2.46. The third-order valence-corrected chi connectivity index (χ3v) is 2.41. The van der Waals surface area contributed by atoms with Crippen LogP contribution in [0.5, 0.6) is 0 Å². The molecule has 8 heteroatoms. The predicted molar refractivity (Wildman–Crippen MR) is 73.6 cm³/mol. The first-order chi connectivity index (χ1) is 12.6. The molecular formula is C13H21N3O5. The first-order valence-electron chi connectivity index (χ1n) is 9.37. The minimum atomic E-state index is -3.59. The molecule has 0 aliphatic heterocycles. The van der Waals surface area contributed by atoms with Crippen LogP contribution in [0.2, 0.25) is 0 Å². The van der Waals surface area contributed by atoms with Crippen LogP contribution in [-0.4, -0.2) is 54.0 Å². The smallest absolute Gasteiger partial charge is 0.328 e. The van der Waals surface area contributed by atoms with Gasteiger partial charge in [0.1, 0.15) is 12.1 Å². The quantitative estimate of drug-likeness (QED) is 0.281. The summed E-state index contributed by atoms with van der Waals surface area (Å²) in [6.07, 6.45) is -4.96. The van der Waals surface area contributed by atoms with E-state index in [4.69, 9.17) is 19.9 Å². The minimum Gasteiger partial charge on any atom is -0.461 e. The molecule has 0 fully saturated rings. The fourth-order valence-electron chi connectivity index (χ4n) is 1.23. The number of nitrogens with one attached hydrogen (secondary N) is 1. The summed E-state index contributed by atoms with van der Waals surface area (Å²) < 4.78 is 60.4. The number of carbonyl (C=O) groups excluding carboxylic acids is 3. The molecule has 0 spiro atoms. The Kier molecular flexibility index (Phi) is 4.57. The maximum absolute atomic E-state index is 12.4. The van der Waals surface area contributed by atoms with Gasteiger partial charge in [-0.3, -0.25) is 9.59 Å². The molecule has 0 saturated heterocycles. The van der Waals surface area contributed by atoms with E-state index in [-0.39, 0.29) is 0 Å². The highest BCUT2D eigenvalue weighted by Gasteiger charge is 2.26. The number of methoxy groups -OCH3 is 1. The lowest BCUT2D eigenvalue weighted by Gasteiger charge is -2.20. The highest BCUT2D eigenvalue weighted by Crippen LogP contribution is 2.04. The molecule has 0 unspecified atom stereocenters. The molecule has 21 heavy (non-hydrogen) atoms. The van der Waals surface area contributed by atoms with Crippen molar-refractivity contribution < 1.29 is 38.2 Å². The van der Waals surface area contributed by atoms with Gasteiger partial charge in [-0.1, -0.05) is 0 Å². The average Bonchev–Trinajstić information content (AvgIpc) is 2.55. The molecule has 1 amide bonds. The van der Waals surface area contributed by atoms with Crippen molar-refractivity contribution in [2.75, 3.05) is 7.11 Å². The van der Waals surface area contributed by atoms with Gasteiger partial charge in [0.2, 0.25) is 11.7 Å². The molecule has 0 bridgehead atoms. The maximum atomic E-state index is 12.4. The molecule has 0 aromatic heterocycles. The van der Waals surface area contributed by atoms with Crippen LogP contribution >= 0.6 is 0 Å². The van der Waals surface area contributed by atoms with Gasteiger partial charge in [-0.05, 0) is 27.0 Å². The van der Waals surface area contributed by atoms with Crippen molar-refractivity contribution >= 4 is 23.9 Å². The molecule has 0 heterocycles. The molecule has 0 aromatic rings. The van der Waals surface area contributed by atoms with Gasteiger partial charge in [0.25, 0.3) is 0 Å². The van der Waals surface area contributed by atoms with Crippen LogP contribution in [0.15, 0.2) is 0 Å². The topological polar surface area (TPSA) is 118 Å². The van der Waals surface area contributed by atoms with E-state index in [1.807, 2.05) is 0 Å². The van der Waals surface area contributed by atoms with E-state index >= 15 is 0 Å². The summed E-state index contributed by atoms with van der Waals surface area (Å²) in [5.74, 6) is -3.10. The number of hydrogen-bond donors (Lipinski definition) is 1. The van der Waals surface area contributed by atoms with Gasteiger partial charge in [0.15, 0.2) is 0 Å². The van der Waals surface area contributed by atoms with Gasteiger partial charge in [-0.15, -0.1) is 0 Å². The number of esters is 1. The molecular weight excluding hydrogens is 278 g/mol. The number of nitrogens with zero attached hydrogens (tertiary/aromatic N) is 2. The van der Waals surface area contributed by atoms with E-state index < -0.39 is 62.4 Å². The number of amides is 1. The van der Waals surface area contributed by atoms with Crippen LogP contribution in [0.1, 0.15) is 43.1 Å². The molecule has 0 aromatic carbocycles. The Hall–Kier alpha value is -2.05. The monoisotopic (exact) mass is 306 g/mol. The van der Waals surface area contributed by atoms with Gasteiger partial charge in [0.05, 0.1) is 7.45 Å². The largest absolute Gasteiger partial charge is 0.461 e. The molecule has 0 saturated carbocycles. The summed E-state index contributed by atoms with van der Waals surface area (Å²) in [5, 5.41) is 2.14. The SMILES string of the molecule is [2H]C([2H])([2H])C([2H])(OC(=O)[C@H](CCC(=O)C=[N+]=[N-])NC(=O)[C@H](C)OC)C([2H])([2H])[2H]. The van der Waals surface area contributed by atoms with E-state index in [1.165, 1.54) is 14.0 Å². The standard InChI is InChI=1S/C13H21N3O5/c1-8(2)21-13(19)11(6-5-10(17)7-15-14)16-12(18)9(3)20-4/h7-9,11H,5-6H2,1-4H3,(H,16,18)/t9-,11-/m0/s1/i1D3,2D3,8D. The van der Waals surface area contributed by atoms with Crippen LogP contribution in [0.4, 0.5) is 0 Å². The van der Waals surface area contributed by atoms with E-state index in [0.717, 1.165) is 0 Å². The van der Waals surface area contributed by atoms with Crippen LogP contribution in [-0.2, 0) is 23.9 Å². The van der Waals surface area contributed by atoms with Crippen molar-refractivity contribution in [3.8, 4) is 0 Å². The number of ketones is 1. The summed E-state index contributed by atoms with van der Waals surface area (Å²) in [6.45, 7) is -5.72. The second-order valence-electron chi connectivity index (χ2n) is 3.94. The zero-order valence-electron chi connectivity index (χ0n) is 18.6. The Labute approximate surface area is 133 Å². The second kappa shape index (κ2) is 9.79. The first kappa shape index (κ1) is 9.81. The number of hydrogen-bond acceptors (Lipinski definition) is 5. The normalized spacial score (nSPS) is 19.6. The Balaban J connectivity index is 5.66. The number of ether oxygens (including phenoxy) is 2. The lowest BCUT2D eigenvalue weighted by molar-refractivity contribution is -0.152. The van der Waals surface area contributed by atoms with E-state index in [1.54, 1.807) is 0 Å². The summed E-state index contributed by atoms with van der Waals surface area (Å²) in [6, 6.07) is -1.66. The van der Waals surface area contributed by atoms with Gasteiger partial charge < -0.3 is 20.3 Å². The Morgan fingerprint density at radius 3 is 2.67 bits per heavy atom. The van der Waals surface area contributed by atoms with Crippen molar-refractivity contribution in [1.82, 2.24) is 5.32 Å². The molecule has 118 valence electrons. The van der Waals surface area contributed by atoms with Crippen LogP contribution < -0.4 is 5.32 Å². The molecule has 0 radical (unpaired) electrons. The second-order valence-corrected chi connectivity index (χ2v) is 3.94. The van der Waals surface area contributed by atoms with Crippen molar-refractivity contribution in [3.05, 3.63) is 5.53 Å². The highest BCUT2D eigenvalue weighted by atomic mass is 16.5. The van der Waals surface area contributed by atoms with Crippen LogP contribution in [0, 0.1) is 0 Å². The number of carbonyl (C=O) groups is 3. The van der Waals surface area contributed by atoms with E-state index in [0.29, 0.717) is 6.21 Å². The maximum Gasteiger partial charge on any atom is 0.328 e. The highest BCUT2D eigenvalue weighted by molar-refractivity contribution is 6.25. The molecule has 1 N–H and O–H groups in total. The van der Waals surface area contributed by atoms with E-state index in [2.05, 4.69) is 14.8 Å². The molecule has 0 rings (SSSR count). The Bertz CT molecular complexity index is 629. The summed E-state index contributed by atoms with van der Waals surface area (Å²) in [7, 11) is 1.21. The van der Waals surface area contributed by atoms with Crippen molar-refractivity contribution in [3.63, 3.8) is 0 Å². The van der Waals surface area contributed by atoms with Crippen molar-refractivity contribution in [1.29, 1.82) is 0 Å². The lowest BCUT2D eigenvalue weighted by atomic mass is 10.1. The zero-order chi connectivity index (χ0) is 22.3. The van der Waals surface area contributed by atoms with Gasteiger partial charge in [-0.25, -0.2) is 4.79 Å². The molecule has 2 atom stereocenters. The van der Waals surface area contributed by atoms with Crippen molar-refractivity contribution in [2.45, 2.75) is 51.7 Å². The molecule has 0 aliphatic carbocycles. The Morgan fingerprint density at radius 2 is 2.14 bits per heavy atom. The molecule has 8 nitrogen and oxygen atoms in total.